The van der Waals surface area contributed by atoms with Gasteiger partial charge < -0.3 is 10.4 Å². The van der Waals surface area contributed by atoms with Crippen LogP contribution in [0.2, 0.25) is 0 Å². The van der Waals surface area contributed by atoms with Crippen molar-refractivity contribution in [2.24, 2.45) is 11.8 Å². The van der Waals surface area contributed by atoms with Crippen molar-refractivity contribution >= 4 is 0 Å². The van der Waals surface area contributed by atoms with E-state index in [0.717, 1.165) is 30.7 Å². The van der Waals surface area contributed by atoms with Gasteiger partial charge in [0.05, 0.1) is 0 Å². The molecule has 2 aliphatic rings. The summed E-state index contributed by atoms with van der Waals surface area (Å²) in [5.74, 6) is 2.06. The van der Waals surface area contributed by atoms with Crippen LogP contribution >= 0.6 is 0 Å². The molecule has 0 amide bonds. The lowest BCUT2D eigenvalue weighted by molar-refractivity contribution is 0.138. The number of fused-ring (bicyclic) bond motifs is 1. The quantitative estimate of drug-likeness (QED) is 0.772. The van der Waals surface area contributed by atoms with E-state index >= 15 is 0 Å². The van der Waals surface area contributed by atoms with Gasteiger partial charge in [-0.2, -0.15) is 0 Å². The van der Waals surface area contributed by atoms with Crippen LogP contribution in [0.5, 0.6) is 0 Å². The molecule has 0 saturated heterocycles. The predicted molar refractivity (Wildman–Crippen MR) is 72.0 cm³/mol. The molecule has 0 aliphatic heterocycles. The molecule has 0 aromatic heterocycles. The molecular formula is C15H29NO. The maximum atomic E-state index is 8.85. The zero-order valence-electron chi connectivity index (χ0n) is 11.3. The molecule has 0 bridgehead atoms. The summed E-state index contributed by atoms with van der Waals surface area (Å²) < 4.78 is 0. The third kappa shape index (κ3) is 3.96. The Bertz CT molecular complexity index is 219. The molecule has 2 fully saturated rings. The minimum Gasteiger partial charge on any atom is -0.396 e. The average Bonchev–Trinajstić information content (AvgIpc) is 2.36. The Kier molecular flexibility index (Phi) is 5.30. The van der Waals surface area contributed by atoms with Crippen LogP contribution in [0, 0.1) is 11.8 Å². The first kappa shape index (κ1) is 13.4. The lowest BCUT2D eigenvalue weighted by atomic mass is 9.69. The number of hydrogen-bond donors (Lipinski definition) is 2. The summed E-state index contributed by atoms with van der Waals surface area (Å²) in [5.41, 5.74) is 0. The Labute approximate surface area is 106 Å². The molecule has 0 heterocycles. The molecule has 2 rings (SSSR count). The summed E-state index contributed by atoms with van der Waals surface area (Å²) in [6, 6.07) is 1.33. The fourth-order valence-electron chi connectivity index (χ4n) is 3.91. The van der Waals surface area contributed by atoms with Gasteiger partial charge in [-0.25, -0.2) is 0 Å². The van der Waals surface area contributed by atoms with Crippen LogP contribution in [0.4, 0.5) is 0 Å². The van der Waals surface area contributed by atoms with Crippen molar-refractivity contribution in [3.05, 3.63) is 0 Å². The van der Waals surface area contributed by atoms with Crippen molar-refractivity contribution in [1.82, 2.24) is 5.32 Å². The van der Waals surface area contributed by atoms with Crippen LogP contribution in [0.15, 0.2) is 0 Å². The summed E-state index contributed by atoms with van der Waals surface area (Å²) in [6.45, 7) is 2.60. The topological polar surface area (TPSA) is 32.3 Å². The largest absolute Gasteiger partial charge is 0.396 e. The molecule has 2 nitrogen and oxygen atoms in total. The Morgan fingerprint density at radius 1 is 1.12 bits per heavy atom. The maximum absolute atomic E-state index is 8.85. The van der Waals surface area contributed by atoms with Gasteiger partial charge in [0.25, 0.3) is 0 Å². The highest BCUT2D eigenvalue weighted by molar-refractivity contribution is 4.87. The first-order valence-corrected chi connectivity index (χ1v) is 7.66. The second kappa shape index (κ2) is 6.75. The molecule has 0 radical (unpaired) electrons. The lowest BCUT2D eigenvalue weighted by Crippen LogP contribution is -2.42. The summed E-state index contributed by atoms with van der Waals surface area (Å²) in [7, 11) is 0. The summed E-state index contributed by atoms with van der Waals surface area (Å²) in [6.07, 6.45) is 12.2. The van der Waals surface area contributed by atoms with E-state index in [2.05, 4.69) is 12.2 Å². The van der Waals surface area contributed by atoms with E-state index in [9.17, 15) is 0 Å². The minimum absolute atomic E-state index is 0.335. The van der Waals surface area contributed by atoms with Gasteiger partial charge in [0.1, 0.15) is 0 Å². The van der Waals surface area contributed by atoms with Crippen molar-refractivity contribution in [3.8, 4) is 0 Å². The second-order valence-electron chi connectivity index (χ2n) is 6.25. The number of aliphatic hydroxyl groups is 1. The number of rotatable bonds is 5. The molecule has 0 aromatic rings. The van der Waals surface area contributed by atoms with Gasteiger partial charge in [0.2, 0.25) is 0 Å². The van der Waals surface area contributed by atoms with Crippen LogP contribution in [0.1, 0.15) is 64.7 Å². The van der Waals surface area contributed by atoms with Gasteiger partial charge in [0, 0.05) is 18.7 Å². The zero-order chi connectivity index (χ0) is 12.1. The first-order valence-electron chi connectivity index (χ1n) is 7.66. The molecule has 100 valence electrons. The summed E-state index contributed by atoms with van der Waals surface area (Å²) >= 11 is 0. The first-order chi connectivity index (χ1) is 8.29. The second-order valence-corrected chi connectivity index (χ2v) is 6.25. The third-order valence-corrected chi connectivity index (χ3v) is 4.86. The molecule has 0 spiro atoms. The zero-order valence-corrected chi connectivity index (χ0v) is 11.3. The van der Waals surface area contributed by atoms with Gasteiger partial charge >= 0.3 is 0 Å². The Morgan fingerprint density at radius 3 is 2.65 bits per heavy atom. The van der Waals surface area contributed by atoms with Gasteiger partial charge in [-0.3, -0.25) is 0 Å². The Hall–Kier alpha value is -0.0800. The summed E-state index contributed by atoms with van der Waals surface area (Å²) in [5, 5.41) is 12.6. The van der Waals surface area contributed by atoms with E-state index in [4.69, 9.17) is 5.11 Å². The van der Waals surface area contributed by atoms with Crippen molar-refractivity contribution in [2.75, 3.05) is 6.61 Å². The molecule has 17 heavy (non-hydrogen) atoms. The normalized spacial score (nSPS) is 35.3. The molecule has 4 atom stereocenters. The number of nitrogens with one attached hydrogen (secondary N) is 1. The Balaban J connectivity index is 1.71. The molecule has 4 unspecified atom stereocenters. The third-order valence-electron chi connectivity index (χ3n) is 4.86. The van der Waals surface area contributed by atoms with E-state index in [1.165, 1.54) is 44.9 Å². The predicted octanol–water partition coefficient (Wildman–Crippen LogP) is 3.10. The van der Waals surface area contributed by atoms with E-state index in [1.54, 1.807) is 0 Å². The standard InChI is InChI=1S/C15H29NO/c1-12(5-4-10-17)16-15-9-8-13-6-2-3-7-14(13)11-15/h12-17H,2-11H2,1H3. The van der Waals surface area contributed by atoms with E-state index in [0.29, 0.717) is 12.6 Å². The molecule has 0 aromatic carbocycles. The van der Waals surface area contributed by atoms with E-state index < -0.39 is 0 Å². The van der Waals surface area contributed by atoms with Crippen molar-refractivity contribution < 1.29 is 5.11 Å². The van der Waals surface area contributed by atoms with E-state index in [1.807, 2.05) is 0 Å². The lowest BCUT2D eigenvalue weighted by Gasteiger charge is -2.40. The molecule has 2 heteroatoms. The van der Waals surface area contributed by atoms with Crippen LogP contribution < -0.4 is 5.32 Å². The van der Waals surface area contributed by atoms with Crippen LogP contribution in [0.25, 0.3) is 0 Å². The van der Waals surface area contributed by atoms with Gasteiger partial charge in [-0.05, 0) is 50.9 Å². The summed E-state index contributed by atoms with van der Waals surface area (Å²) in [4.78, 5) is 0. The average molecular weight is 239 g/mol. The maximum Gasteiger partial charge on any atom is 0.0431 e. The molecule has 2 aliphatic carbocycles. The fourth-order valence-corrected chi connectivity index (χ4v) is 3.91. The molecule has 2 saturated carbocycles. The monoisotopic (exact) mass is 239 g/mol. The smallest absolute Gasteiger partial charge is 0.0431 e. The van der Waals surface area contributed by atoms with Gasteiger partial charge in [-0.1, -0.05) is 25.7 Å². The number of hydrogen-bond acceptors (Lipinski definition) is 2. The van der Waals surface area contributed by atoms with Gasteiger partial charge in [0.15, 0.2) is 0 Å². The van der Waals surface area contributed by atoms with Crippen molar-refractivity contribution in [3.63, 3.8) is 0 Å². The number of aliphatic hydroxyl groups excluding tert-OH is 1. The van der Waals surface area contributed by atoms with Crippen LogP contribution in [-0.4, -0.2) is 23.8 Å². The molecule has 2 N–H and O–H groups in total. The highest BCUT2D eigenvalue weighted by Gasteiger charge is 2.32. The van der Waals surface area contributed by atoms with Crippen molar-refractivity contribution in [2.45, 2.75) is 76.8 Å². The Morgan fingerprint density at radius 2 is 1.88 bits per heavy atom. The van der Waals surface area contributed by atoms with Crippen LogP contribution in [-0.2, 0) is 0 Å². The molecular weight excluding hydrogens is 210 g/mol. The minimum atomic E-state index is 0.335. The highest BCUT2D eigenvalue weighted by Crippen LogP contribution is 2.40. The highest BCUT2D eigenvalue weighted by atomic mass is 16.2. The van der Waals surface area contributed by atoms with E-state index in [-0.39, 0.29) is 0 Å². The van der Waals surface area contributed by atoms with Crippen LogP contribution in [0.3, 0.4) is 0 Å². The fraction of sp³-hybridized carbons (Fsp3) is 1.00. The van der Waals surface area contributed by atoms with Gasteiger partial charge in [-0.15, -0.1) is 0 Å². The SMILES string of the molecule is CC(CCCO)NC1CCC2CCCCC2C1. The van der Waals surface area contributed by atoms with Crippen molar-refractivity contribution in [1.29, 1.82) is 0 Å².